The Labute approximate surface area is 108 Å². The molecule has 0 heterocycles. The summed E-state index contributed by atoms with van der Waals surface area (Å²) in [6, 6.07) is 1.76. The number of phenolic OH excluding ortho intramolecular Hbond substituents is 1. The molecule has 3 heteroatoms. The Balaban J connectivity index is 3.23. The molecule has 0 spiro atoms. The van der Waals surface area contributed by atoms with Crippen molar-refractivity contribution >= 4 is 31.9 Å². The number of benzene rings is 1. The van der Waals surface area contributed by atoms with Gasteiger partial charge in [0, 0.05) is 4.47 Å². The fourth-order valence-electron chi connectivity index (χ4n) is 1.93. The zero-order chi connectivity index (χ0) is 11.6. The Morgan fingerprint density at radius 2 is 2.00 bits per heavy atom. The largest absolute Gasteiger partial charge is 0.507 e. The van der Waals surface area contributed by atoms with E-state index in [1.807, 2.05) is 6.92 Å². The molecule has 1 nitrogen and oxygen atoms in total. The minimum atomic E-state index is 0.298. The highest BCUT2D eigenvalue weighted by molar-refractivity contribution is 9.11. The standard InChI is InChI=1S/C12H16Br2O/c1-4-5-7(2)11-8(3)12(14)10(15)6-9(11)13/h6-7,15H,4-5H2,1-3H3. The number of halogens is 2. The van der Waals surface area contributed by atoms with Gasteiger partial charge in [-0.15, -0.1) is 0 Å². The van der Waals surface area contributed by atoms with Crippen LogP contribution >= 0.6 is 31.9 Å². The van der Waals surface area contributed by atoms with E-state index in [4.69, 9.17) is 0 Å². The molecule has 1 aromatic rings. The maximum absolute atomic E-state index is 9.64. The molecular weight excluding hydrogens is 320 g/mol. The van der Waals surface area contributed by atoms with Crippen LogP contribution < -0.4 is 0 Å². The van der Waals surface area contributed by atoms with Crippen LogP contribution in [0.1, 0.15) is 43.7 Å². The topological polar surface area (TPSA) is 20.2 Å². The molecule has 0 saturated carbocycles. The third kappa shape index (κ3) is 2.76. The predicted octanol–water partition coefficient (Wildman–Crippen LogP) is 5.13. The van der Waals surface area contributed by atoms with Gasteiger partial charge in [0.2, 0.25) is 0 Å². The second-order valence-corrected chi connectivity index (χ2v) is 5.57. The maximum Gasteiger partial charge on any atom is 0.131 e. The van der Waals surface area contributed by atoms with Crippen molar-refractivity contribution in [1.82, 2.24) is 0 Å². The summed E-state index contributed by atoms with van der Waals surface area (Å²) in [5, 5.41) is 9.64. The zero-order valence-corrected chi connectivity index (χ0v) is 12.4. The summed E-state index contributed by atoms with van der Waals surface area (Å²) in [6.45, 7) is 6.45. The monoisotopic (exact) mass is 334 g/mol. The van der Waals surface area contributed by atoms with E-state index in [2.05, 4.69) is 45.7 Å². The molecule has 1 atom stereocenters. The van der Waals surface area contributed by atoms with Crippen LogP contribution in [0.25, 0.3) is 0 Å². The van der Waals surface area contributed by atoms with Crippen LogP contribution in [0.15, 0.2) is 15.0 Å². The number of aromatic hydroxyl groups is 1. The second-order valence-electron chi connectivity index (χ2n) is 3.92. The molecule has 1 N–H and O–H groups in total. The van der Waals surface area contributed by atoms with Gasteiger partial charge in [0.25, 0.3) is 0 Å². The summed E-state index contributed by atoms with van der Waals surface area (Å²) in [7, 11) is 0. The van der Waals surface area contributed by atoms with Crippen LogP contribution in [0.2, 0.25) is 0 Å². The van der Waals surface area contributed by atoms with Crippen molar-refractivity contribution in [2.24, 2.45) is 0 Å². The third-order valence-corrected chi connectivity index (χ3v) is 4.35. The fraction of sp³-hybridized carbons (Fsp3) is 0.500. The molecule has 0 saturated heterocycles. The Hall–Kier alpha value is -0.0200. The molecule has 1 aromatic carbocycles. The van der Waals surface area contributed by atoms with Gasteiger partial charge in [-0.05, 0) is 52.4 Å². The van der Waals surface area contributed by atoms with Crippen LogP contribution in [0, 0.1) is 6.92 Å². The second kappa shape index (κ2) is 5.35. The zero-order valence-electron chi connectivity index (χ0n) is 9.27. The Morgan fingerprint density at radius 3 is 2.53 bits per heavy atom. The number of phenols is 1. The lowest BCUT2D eigenvalue weighted by molar-refractivity contribution is 0.470. The van der Waals surface area contributed by atoms with Crippen molar-refractivity contribution in [3.63, 3.8) is 0 Å². The molecule has 0 aromatic heterocycles. The average Bonchev–Trinajstić information content (AvgIpc) is 2.15. The van der Waals surface area contributed by atoms with Crippen molar-refractivity contribution in [2.75, 3.05) is 0 Å². The van der Waals surface area contributed by atoms with Crippen LogP contribution in [0.4, 0.5) is 0 Å². The normalized spacial score (nSPS) is 12.9. The predicted molar refractivity (Wildman–Crippen MR) is 71.6 cm³/mol. The molecule has 0 aliphatic heterocycles. The van der Waals surface area contributed by atoms with E-state index in [0.29, 0.717) is 11.7 Å². The van der Waals surface area contributed by atoms with E-state index in [0.717, 1.165) is 20.9 Å². The summed E-state index contributed by atoms with van der Waals surface area (Å²) in [6.07, 6.45) is 2.34. The average molecular weight is 336 g/mol. The highest BCUT2D eigenvalue weighted by atomic mass is 79.9. The highest BCUT2D eigenvalue weighted by Gasteiger charge is 2.16. The maximum atomic E-state index is 9.64. The third-order valence-electron chi connectivity index (χ3n) is 2.69. The van der Waals surface area contributed by atoms with E-state index in [1.165, 1.54) is 12.0 Å². The fourth-order valence-corrected chi connectivity index (χ4v) is 3.17. The Bertz CT molecular complexity index is 361. The summed E-state index contributed by atoms with van der Waals surface area (Å²) < 4.78 is 1.81. The van der Waals surface area contributed by atoms with Crippen molar-refractivity contribution in [2.45, 2.75) is 39.5 Å². The van der Waals surface area contributed by atoms with Gasteiger partial charge in [0.15, 0.2) is 0 Å². The minimum absolute atomic E-state index is 0.298. The Kier molecular flexibility index (Phi) is 4.65. The van der Waals surface area contributed by atoms with Crippen LogP contribution in [-0.4, -0.2) is 5.11 Å². The van der Waals surface area contributed by atoms with E-state index >= 15 is 0 Å². The molecule has 0 fully saturated rings. The lowest BCUT2D eigenvalue weighted by atomic mass is 9.93. The van der Waals surface area contributed by atoms with Crippen molar-refractivity contribution < 1.29 is 5.11 Å². The van der Waals surface area contributed by atoms with Gasteiger partial charge in [-0.1, -0.05) is 36.2 Å². The summed E-state index contributed by atoms with van der Waals surface area (Å²) in [5.41, 5.74) is 2.42. The number of rotatable bonds is 3. The van der Waals surface area contributed by atoms with Gasteiger partial charge in [0.1, 0.15) is 5.75 Å². The summed E-state index contributed by atoms with van der Waals surface area (Å²) >= 11 is 6.93. The quantitative estimate of drug-likeness (QED) is 0.811. The molecule has 15 heavy (non-hydrogen) atoms. The first-order valence-corrected chi connectivity index (χ1v) is 6.75. The van der Waals surface area contributed by atoms with Gasteiger partial charge < -0.3 is 5.11 Å². The smallest absolute Gasteiger partial charge is 0.131 e. The SMILES string of the molecule is CCCC(C)c1c(Br)cc(O)c(Br)c1C. The first-order valence-electron chi connectivity index (χ1n) is 5.16. The van der Waals surface area contributed by atoms with Gasteiger partial charge in [-0.3, -0.25) is 0 Å². The molecule has 0 amide bonds. The molecule has 84 valence electrons. The van der Waals surface area contributed by atoms with E-state index in [1.54, 1.807) is 6.07 Å². The van der Waals surface area contributed by atoms with Crippen LogP contribution in [-0.2, 0) is 0 Å². The Morgan fingerprint density at radius 1 is 1.40 bits per heavy atom. The number of hydrogen-bond acceptors (Lipinski definition) is 1. The summed E-state index contributed by atoms with van der Waals surface area (Å²) in [4.78, 5) is 0. The van der Waals surface area contributed by atoms with Crippen LogP contribution in [0.5, 0.6) is 5.75 Å². The van der Waals surface area contributed by atoms with Gasteiger partial charge in [-0.25, -0.2) is 0 Å². The first kappa shape index (κ1) is 13.0. The van der Waals surface area contributed by atoms with Crippen molar-refractivity contribution in [3.05, 3.63) is 26.1 Å². The molecule has 1 unspecified atom stereocenters. The molecule has 0 aliphatic carbocycles. The molecule has 0 radical (unpaired) electrons. The van der Waals surface area contributed by atoms with E-state index < -0.39 is 0 Å². The van der Waals surface area contributed by atoms with E-state index in [-0.39, 0.29) is 0 Å². The van der Waals surface area contributed by atoms with Crippen molar-refractivity contribution in [1.29, 1.82) is 0 Å². The van der Waals surface area contributed by atoms with Gasteiger partial charge >= 0.3 is 0 Å². The first-order chi connectivity index (χ1) is 6.99. The number of hydrogen-bond donors (Lipinski definition) is 1. The van der Waals surface area contributed by atoms with Gasteiger partial charge in [0.05, 0.1) is 4.47 Å². The molecule has 0 aliphatic rings. The lowest BCUT2D eigenvalue weighted by Gasteiger charge is -2.18. The van der Waals surface area contributed by atoms with Gasteiger partial charge in [-0.2, -0.15) is 0 Å². The highest BCUT2D eigenvalue weighted by Crippen LogP contribution is 2.39. The molecule has 1 rings (SSSR count). The van der Waals surface area contributed by atoms with Crippen molar-refractivity contribution in [3.8, 4) is 5.75 Å². The lowest BCUT2D eigenvalue weighted by Crippen LogP contribution is -1.99. The summed E-state index contributed by atoms with van der Waals surface area (Å²) in [5.74, 6) is 0.813. The molecular formula is C12H16Br2O. The minimum Gasteiger partial charge on any atom is -0.507 e. The van der Waals surface area contributed by atoms with E-state index in [9.17, 15) is 5.11 Å². The van der Waals surface area contributed by atoms with Crippen LogP contribution in [0.3, 0.4) is 0 Å². The molecule has 0 bridgehead atoms.